The Morgan fingerprint density at radius 3 is 2.62 bits per heavy atom. The molecule has 0 aliphatic carbocycles. The van der Waals surface area contributed by atoms with Crippen LogP contribution in [-0.4, -0.2) is 24.1 Å². The highest BCUT2D eigenvalue weighted by atomic mass is 32.2. The van der Waals surface area contributed by atoms with Gasteiger partial charge in [-0.15, -0.1) is 0 Å². The molecule has 3 aromatic rings. The van der Waals surface area contributed by atoms with Gasteiger partial charge >= 0.3 is 6.18 Å². The molecule has 0 saturated heterocycles. The molecule has 8 nitrogen and oxygen atoms in total. The molecule has 12 heteroatoms. The molecule has 2 N–H and O–H groups in total. The van der Waals surface area contributed by atoms with Gasteiger partial charge in [0.2, 0.25) is 15.9 Å². The van der Waals surface area contributed by atoms with Gasteiger partial charge in [-0.3, -0.25) is 9.48 Å². The van der Waals surface area contributed by atoms with E-state index in [2.05, 4.69) is 15.1 Å². The molecule has 0 aliphatic heterocycles. The maximum absolute atomic E-state index is 12.5. The van der Waals surface area contributed by atoms with Crippen molar-refractivity contribution in [1.29, 1.82) is 0 Å². The number of rotatable bonds is 7. The molecule has 0 fully saturated rings. The molecule has 3 rings (SSSR count). The van der Waals surface area contributed by atoms with Crippen LogP contribution in [0.3, 0.4) is 0 Å². The number of carbonyl (C=O) groups excluding carboxylic acids is 1. The third-order valence-corrected chi connectivity index (χ3v) is 5.08. The molecule has 0 radical (unpaired) electrons. The zero-order valence-corrected chi connectivity index (χ0v) is 15.5. The van der Waals surface area contributed by atoms with Gasteiger partial charge in [-0.25, -0.2) is 13.1 Å². The average Bonchev–Trinajstić information content (AvgIpc) is 3.31. The lowest BCUT2D eigenvalue weighted by atomic mass is 10.3. The molecule has 0 spiro atoms. The third kappa shape index (κ3) is 5.45. The molecule has 1 amide bonds. The second-order valence-corrected chi connectivity index (χ2v) is 7.64. The second kappa shape index (κ2) is 8.09. The van der Waals surface area contributed by atoms with Crippen molar-refractivity contribution in [1.82, 2.24) is 14.5 Å². The van der Waals surface area contributed by atoms with Crippen LogP contribution in [0.5, 0.6) is 0 Å². The zero-order valence-electron chi connectivity index (χ0n) is 14.7. The van der Waals surface area contributed by atoms with Crippen LogP contribution in [0.4, 0.5) is 18.9 Å². The highest BCUT2D eigenvalue weighted by Gasteiger charge is 2.33. The van der Waals surface area contributed by atoms with Crippen LogP contribution in [0.25, 0.3) is 0 Å². The van der Waals surface area contributed by atoms with Crippen LogP contribution in [0, 0.1) is 0 Å². The lowest BCUT2D eigenvalue weighted by molar-refractivity contribution is -0.141. The molecule has 0 unspecified atom stereocenters. The van der Waals surface area contributed by atoms with Crippen LogP contribution >= 0.6 is 0 Å². The lowest BCUT2D eigenvalue weighted by Gasteiger charge is -2.09. The SMILES string of the molecule is O=C(Cn1ccc(C(F)(F)F)n1)Nc1cccc(S(=O)(=O)NCc2ccco2)c1. The first kappa shape index (κ1) is 20.6. The van der Waals surface area contributed by atoms with Gasteiger partial charge < -0.3 is 9.73 Å². The second-order valence-electron chi connectivity index (χ2n) is 5.88. The highest BCUT2D eigenvalue weighted by molar-refractivity contribution is 7.89. The summed E-state index contributed by atoms with van der Waals surface area (Å²) in [6, 6.07) is 9.43. The van der Waals surface area contributed by atoms with Crippen molar-refractivity contribution >= 4 is 21.6 Å². The average molecular weight is 428 g/mol. The monoisotopic (exact) mass is 428 g/mol. The number of aromatic nitrogens is 2. The quantitative estimate of drug-likeness (QED) is 0.602. The smallest absolute Gasteiger partial charge is 0.435 e. The summed E-state index contributed by atoms with van der Waals surface area (Å²) in [6.07, 6.45) is -2.16. The first-order chi connectivity index (χ1) is 13.6. The number of benzene rings is 1. The Balaban J connectivity index is 1.64. The fourth-order valence-corrected chi connectivity index (χ4v) is 3.39. The van der Waals surface area contributed by atoms with E-state index in [0.717, 1.165) is 16.9 Å². The van der Waals surface area contributed by atoms with E-state index in [1.165, 1.54) is 30.5 Å². The number of nitrogens with zero attached hydrogens (tertiary/aromatic N) is 2. The summed E-state index contributed by atoms with van der Waals surface area (Å²) in [5.74, 6) is -0.240. The molecular formula is C17H15F3N4O4S. The van der Waals surface area contributed by atoms with E-state index in [1.54, 1.807) is 12.1 Å². The normalized spacial score (nSPS) is 12.1. The van der Waals surface area contributed by atoms with Crippen molar-refractivity contribution in [3.63, 3.8) is 0 Å². The standard InChI is InChI=1S/C17H15F3N4O4S/c18-17(19,20)15-6-7-24(23-15)11-16(25)22-12-3-1-5-14(9-12)29(26,27)21-10-13-4-2-8-28-13/h1-9,21H,10-11H2,(H,22,25). The van der Waals surface area contributed by atoms with Crippen LogP contribution in [0.1, 0.15) is 11.5 Å². The third-order valence-electron chi connectivity index (χ3n) is 3.68. The largest absolute Gasteiger partial charge is 0.468 e. The number of carbonyl (C=O) groups is 1. The maximum atomic E-state index is 12.5. The van der Waals surface area contributed by atoms with E-state index in [1.807, 2.05) is 0 Å². The molecule has 29 heavy (non-hydrogen) atoms. The van der Waals surface area contributed by atoms with Gasteiger partial charge in [0.05, 0.1) is 17.7 Å². The van der Waals surface area contributed by atoms with Gasteiger partial charge in [-0.2, -0.15) is 18.3 Å². The van der Waals surface area contributed by atoms with E-state index >= 15 is 0 Å². The number of sulfonamides is 1. The van der Waals surface area contributed by atoms with Crippen molar-refractivity contribution in [2.45, 2.75) is 24.2 Å². The predicted octanol–water partition coefficient (Wildman–Crippen LogP) is 2.61. The van der Waals surface area contributed by atoms with E-state index in [-0.39, 0.29) is 17.1 Å². The maximum Gasteiger partial charge on any atom is 0.435 e. The first-order valence-corrected chi connectivity index (χ1v) is 9.64. The van der Waals surface area contributed by atoms with Crippen LogP contribution in [-0.2, 0) is 34.1 Å². The Morgan fingerprint density at radius 2 is 1.97 bits per heavy atom. The fraction of sp³-hybridized carbons (Fsp3) is 0.176. The number of hydrogen-bond donors (Lipinski definition) is 2. The Hall–Kier alpha value is -3.12. The predicted molar refractivity (Wildman–Crippen MR) is 95.0 cm³/mol. The molecule has 2 aromatic heterocycles. The topological polar surface area (TPSA) is 106 Å². The van der Waals surface area contributed by atoms with Crippen molar-refractivity contribution in [3.8, 4) is 0 Å². The molecule has 0 bridgehead atoms. The summed E-state index contributed by atoms with van der Waals surface area (Å²) in [6.45, 7) is -0.517. The Morgan fingerprint density at radius 1 is 1.17 bits per heavy atom. The summed E-state index contributed by atoms with van der Waals surface area (Å²) >= 11 is 0. The molecule has 0 saturated carbocycles. The number of furan rings is 1. The zero-order chi connectivity index (χ0) is 21.1. The van der Waals surface area contributed by atoms with E-state index in [4.69, 9.17) is 4.42 Å². The number of anilines is 1. The van der Waals surface area contributed by atoms with Crippen molar-refractivity contribution in [2.24, 2.45) is 0 Å². The Bertz CT molecular complexity index is 1090. The van der Waals surface area contributed by atoms with Crippen LogP contribution < -0.4 is 10.0 Å². The molecular weight excluding hydrogens is 413 g/mol. The summed E-state index contributed by atoms with van der Waals surface area (Å²) in [4.78, 5) is 12.0. The van der Waals surface area contributed by atoms with E-state index in [0.29, 0.717) is 5.76 Å². The minimum Gasteiger partial charge on any atom is -0.468 e. The summed E-state index contributed by atoms with van der Waals surface area (Å²) in [5, 5.41) is 5.71. The first-order valence-electron chi connectivity index (χ1n) is 8.16. The van der Waals surface area contributed by atoms with Gasteiger partial charge in [0.15, 0.2) is 5.69 Å². The van der Waals surface area contributed by atoms with Crippen LogP contribution in [0.2, 0.25) is 0 Å². The fourth-order valence-electron chi connectivity index (χ4n) is 2.35. The summed E-state index contributed by atoms with van der Waals surface area (Å²) in [7, 11) is -3.87. The van der Waals surface area contributed by atoms with Gasteiger partial charge in [0, 0.05) is 11.9 Å². The van der Waals surface area contributed by atoms with Gasteiger partial charge in [0.1, 0.15) is 12.3 Å². The summed E-state index contributed by atoms with van der Waals surface area (Å²) in [5.41, 5.74) is -0.944. The Labute approximate surface area is 163 Å². The van der Waals surface area contributed by atoms with Crippen molar-refractivity contribution in [3.05, 3.63) is 66.4 Å². The number of amides is 1. The molecule has 0 aliphatic rings. The van der Waals surface area contributed by atoms with Gasteiger partial charge in [-0.05, 0) is 36.4 Å². The number of hydrogen-bond acceptors (Lipinski definition) is 5. The van der Waals surface area contributed by atoms with Gasteiger partial charge in [-0.1, -0.05) is 6.07 Å². The van der Waals surface area contributed by atoms with E-state index < -0.39 is 34.3 Å². The number of nitrogens with one attached hydrogen (secondary N) is 2. The molecule has 2 heterocycles. The Kier molecular flexibility index (Phi) is 5.75. The lowest BCUT2D eigenvalue weighted by Crippen LogP contribution is -2.23. The minimum absolute atomic E-state index is 0.0489. The van der Waals surface area contributed by atoms with Crippen molar-refractivity contribution in [2.75, 3.05) is 5.32 Å². The number of halogens is 3. The molecule has 1 aromatic carbocycles. The van der Waals surface area contributed by atoms with E-state index in [9.17, 15) is 26.4 Å². The minimum atomic E-state index is -4.60. The van der Waals surface area contributed by atoms with Crippen LogP contribution in [0.15, 0.2) is 64.2 Å². The van der Waals surface area contributed by atoms with Crippen molar-refractivity contribution < 1.29 is 30.8 Å². The summed E-state index contributed by atoms with van der Waals surface area (Å²) < 4.78 is 70.6. The highest BCUT2D eigenvalue weighted by Crippen LogP contribution is 2.27. The molecule has 154 valence electrons. The van der Waals surface area contributed by atoms with Gasteiger partial charge in [0.25, 0.3) is 0 Å². The molecule has 0 atom stereocenters. The number of alkyl halides is 3.